The summed E-state index contributed by atoms with van der Waals surface area (Å²) in [4.78, 5) is 28.0. The Morgan fingerprint density at radius 2 is 2.15 bits per heavy atom. The zero-order valence-electron chi connectivity index (χ0n) is 13.8. The van der Waals surface area contributed by atoms with Crippen molar-refractivity contribution in [1.82, 2.24) is 0 Å². The Morgan fingerprint density at radius 3 is 2.78 bits per heavy atom. The lowest BCUT2D eigenvalue weighted by Gasteiger charge is -2.19. The van der Waals surface area contributed by atoms with Crippen LogP contribution in [0.2, 0.25) is 0 Å². The molecule has 2 aliphatic rings. The lowest BCUT2D eigenvalue weighted by atomic mass is 9.86. The van der Waals surface area contributed by atoms with Crippen LogP contribution >= 0.6 is 34.7 Å². The number of alkyl halides is 2. The molecule has 0 bridgehead atoms. The van der Waals surface area contributed by atoms with Gasteiger partial charge in [-0.15, -0.1) is 11.3 Å². The van der Waals surface area contributed by atoms with Gasteiger partial charge >= 0.3 is 5.97 Å². The molecule has 0 aromatic carbocycles. The van der Waals surface area contributed by atoms with Crippen LogP contribution in [0.15, 0.2) is 48.1 Å². The van der Waals surface area contributed by atoms with Crippen molar-refractivity contribution in [3.63, 3.8) is 0 Å². The van der Waals surface area contributed by atoms with Crippen LogP contribution in [0.3, 0.4) is 0 Å². The number of fused-ring (bicyclic) bond motifs is 1. The number of rotatable bonds is 5. The molecular weight excluding hydrogens is 420 g/mol. The fourth-order valence-electron chi connectivity index (χ4n) is 2.89. The average Bonchev–Trinajstić information content (AvgIpc) is 3.14. The Kier molecular flexibility index (Phi) is 5.55. The number of aliphatic imine (C=N–C) groups is 1. The van der Waals surface area contributed by atoms with E-state index in [-0.39, 0.29) is 34.8 Å². The van der Waals surface area contributed by atoms with E-state index in [0.29, 0.717) is 38.5 Å². The molecule has 0 unspecified atom stereocenters. The van der Waals surface area contributed by atoms with E-state index in [2.05, 4.69) is 4.99 Å². The maximum Gasteiger partial charge on any atom is 0.307 e. The number of aliphatic hydroxyl groups excluding tert-OH is 1. The van der Waals surface area contributed by atoms with Gasteiger partial charge in [0.15, 0.2) is 0 Å². The molecule has 5 nitrogen and oxygen atoms in total. The van der Waals surface area contributed by atoms with Crippen molar-refractivity contribution in [2.24, 2.45) is 4.99 Å². The van der Waals surface area contributed by atoms with E-state index in [1.54, 1.807) is 6.92 Å². The lowest BCUT2D eigenvalue weighted by Crippen LogP contribution is -2.21. The molecule has 3 rings (SSSR count). The lowest BCUT2D eigenvalue weighted by molar-refractivity contribution is -0.136. The number of allylic oxidation sites excluding steroid dienone is 4. The van der Waals surface area contributed by atoms with E-state index < -0.39 is 17.5 Å². The summed E-state index contributed by atoms with van der Waals surface area (Å²) in [5.74, 6) is -4.63. The summed E-state index contributed by atoms with van der Waals surface area (Å²) in [6, 6.07) is 1.38. The zero-order valence-corrected chi connectivity index (χ0v) is 16.1. The van der Waals surface area contributed by atoms with Gasteiger partial charge in [0, 0.05) is 34.2 Å². The van der Waals surface area contributed by atoms with Gasteiger partial charge in [0.05, 0.1) is 21.4 Å². The number of thiophene rings is 1. The summed E-state index contributed by atoms with van der Waals surface area (Å²) in [5, 5.41) is 20.8. The van der Waals surface area contributed by atoms with Crippen molar-refractivity contribution in [2.75, 3.05) is 0 Å². The number of Topliss-reactive ketones (excluding diaryl/α,β-unsaturated/α-hetero) is 1. The van der Waals surface area contributed by atoms with Gasteiger partial charge < -0.3 is 10.2 Å². The molecule has 0 radical (unpaired) electrons. The molecular formula is C17H12ClF2NO4S2. The van der Waals surface area contributed by atoms with Crippen molar-refractivity contribution in [3.05, 3.63) is 44.5 Å². The van der Waals surface area contributed by atoms with Gasteiger partial charge in [0.2, 0.25) is 5.78 Å². The standard InChI is InChI=1S/C17H12ClF2NO4S2/c1-6-8(4-11(22)23)13-10(21-6)3-9(16(25)14(13)18)15(24)7-2-12(26-5-7)27-17(19)20/h2,5,17,24H,3-4H2,1H3,(H,22,23). The first-order valence-electron chi connectivity index (χ1n) is 7.59. The maximum atomic E-state index is 12.7. The van der Waals surface area contributed by atoms with E-state index in [0.717, 1.165) is 11.3 Å². The minimum Gasteiger partial charge on any atom is -0.507 e. The van der Waals surface area contributed by atoms with Crippen LogP contribution in [0, 0.1) is 0 Å². The van der Waals surface area contributed by atoms with E-state index in [1.807, 2.05) is 0 Å². The van der Waals surface area contributed by atoms with Crippen molar-refractivity contribution in [3.8, 4) is 0 Å². The second kappa shape index (κ2) is 7.57. The van der Waals surface area contributed by atoms with Gasteiger partial charge in [-0.25, -0.2) is 0 Å². The number of aliphatic hydroxyl groups is 1. The highest BCUT2D eigenvalue weighted by Gasteiger charge is 2.36. The van der Waals surface area contributed by atoms with Crippen LogP contribution in [0.25, 0.3) is 5.76 Å². The number of halogens is 3. The minimum atomic E-state index is -2.59. The highest BCUT2D eigenvalue weighted by Crippen LogP contribution is 2.41. The largest absolute Gasteiger partial charge is 0.507 e. The molecule has 0 spiro atoms. The molecule has 2 heterocycles. The summed E-state index contributed by atoms with van der Waals surface area (Å²) in [6.07, 6.45) is -0.342. The second-order valence-electron chi connectivity index (χ2n) is 5.75. The SMILES string of the molecule is CC1=C(CC(=O)O)C2=C(Cl)C(=O)C(=C(O)c3csc(SC(F)F)c3)CC2=N1. The number of thioether (sulfide) groups is 1. The van der Waals surface area contributed by atoms with Crippen LogP contribution in [0.5, 0.6) is 0 Å². The van der Waals surface area contributed by atoms with E-state index in [9.17, 15) is 23.5 Å². The predicted molar refractivity (Wildman–Crippen MR) is 101 cm³/mol. The summed E-state index contributed by atoms with van der Waals surface area (Å²) < 4.78 is 25.2. The summed E-state index contributed by atoms with van der Waals surface area (Å²) in [7, 11) is 0. The maximum absolute atomic E-state index is 12.7. The number of hydrogen-bond donors (Lipinski definition) is 2. The topological polar surface area (TPSA) is 87.0 Å². The second-order valence-corrected chi connectivity index (χ2v) is 8.33. The molecule has 142 valence electrons. The van der Waals surface area contributed by atoms with Crippen LogP contribution in [0.1, 0.15) is 25.3 Å². The zero-order chi connectivity index (χ0) is 19.9. The smallest absolute Gasteiger partial charge is 0.307 e. The van der Waals surface area contributed by atoms with Gasteiger partial charge in [-0.05, 0) is 30.3 Å². The molecule has 1 aromatic rings. The molecule has 1 aromatic heterocycles. The minimum absolute atomic E-state index is 0.00160. The molecule has 10 heteroatoms. The first kappa shape index (κ1) is 19.8. The molecule has 0 saturated carbocycles. The normalized spacial score (nSPS) is 19.0. The van der Waals surface area contributed by atoms with Crippen molar-refractivity contribution in [2.45, 2.75) is 29.7 Å². The Morgan fingerprint density at radius 1 is 1.44 bits per heavy atom. The van der Waals surface area contributed by atoms with Crippen LogP contribution in [-0.4, -0.2) is 33.4 Å². The van der Waals surface area contributed by atoms with Crippen LogP contribution < -0.4 is 0 Å². The average molecular weight is 432 g/mol. The van der Waals surface area contributed by atoms with Crippen molar-refractivity contribution in [1.29, 1.82) is 0 Å². The Bertz CT molecular complexity index is 975. The van der Waals surface area contributed by atoms with Crippen LogP contribution in [0.4, 0.5) is 8.78 Å². The fourth-order valence-corrected chi connectivity index (χ4v) is 4.80. The Hall–Kier alpha value is -1.97. The number of ketones is 1. The number of carbonyl (C=O) groups is 2. The summed E-state index contributed by atoms with van der Waals surface area (Å²) in [5.41, 5.74) is 1.79. The highest BCUT2D eigenvalue weighted by molar-refractivity contribution is 8.01. The van der Waals surface area contributed by atoms with Gasteiger partial charge in [-0.3, -0.25) is 14.6 Å². The highest BCUT2D eigenvalue weighted by atomic mass is 35.5. The van der Waals surface area contributed by atoms with E-state index in [1.165, 1.54) is 11.4 Å². The number of aliphatic carboxylic acids is 1. The van der Waals surface area contributed by atoms with Gasteiger partial charge in [0.25, 0.3) is 5.76 Å². The third-order valence-electron chi connectivity index (χ3n) is 4.03. The Balaban J connectivity index is 1.99. The number of carboxylic acids is 1. The summed E-state index contributed by atoms with van der Waals surface area (Å²) >= 11 is 7.57. The molecule has 2 N–H and O–H groups in total. The molecule has 0 saturated heterocycles. The third-order valence-corrected chi connectivity index (χ3v) is 6.22. The van der Waals surface area contributed by atoms with Crippen LogP contribution in [-0.2, 0) is 9.59 Å². The molecule has 1 aliphatic heterocycles. The number of carboxylic acid groups (broad SMARTS) is 1. The first-order valence-corrected chi connectivity index (χ1v) is 9.73. The molecule has 0 fully saturated rings. The number of nitrogens with zero attached hydrogens (tertiary/aromatic N) is 1. The predicted octanol–water partition coefficient (Wildman–Crippen LogP) is 5.00. The Labute approximate surface area is 165 Å². The van der Waals surface area contributed by atoms with Gasteiger partial charge in [-0.2, -0.15) is 8.78 Å². The number of carbonyl (C=O) groups excluding carboxylic acids is 1. The third kappa shape index (κ3) is 3.85. The van der Waals surface area contributed by atoms with E-state index >= 15 is 0 Å². The quantitative estimate of drug-likeness (QED) is 0.389. The molecule has 0 atom stereocenters. The summed E-state index contributed by atoms with van der Waals surface area (Å²) in [6.45, 7) is 1.63. The van der Waals surface area contributed by atoms with Gasteiger partial charge in [0.1, 0.15) is 5.76 Å². The first-order chi connectivity index (χ1) is 12.7. The van der Waals surface area contributed by atoms with Gasteiger partial charge in [-0.1, -0.05) is 11.6 Å². The number of hydrogen-bond acceptors (Lipinski definition) is 6. The monoisotopic (exact) mass is 431 g/mol. The fraction of sp³-hybridized carbons (Fsp3) is 0.235. The van der Waals surface area contributed by atoms with E-state index in [4.69, 9.17) is 16.7 Å². The molecule has 27 heavy (non-hydrogen) atoms. The van der Waals surface area contributed by atoms with Crippen molar-refractivity contribution >= 4 is 57.9 Å². The molecule has 1 aliphatic carbocycles. The molecule has 0 amide bonds. The van der Waals surface area contributed by atoms with Crippen molar-refractivity contribution < 1.29 is 28.6 Å².